The number of ether oxygens (including phenoxy) is 2. The molecule has 0 bridgehead atoms. The number of unbranched alkanes of at least 4 members (excludes halogenated alkanes) is 26. The summed E-state index contributed by atoms with van der Waals surface area (Å²) >= 11 is 0. The summed E-state index contributed by atoms with van der Waals surface area (Å²) in [5.74, 6) is -0.811. The minimum atomic E-state index is -4.38. The molecular formula is C54H101NO8P+. The lowest BCUT2D eigenvalue weighted by atomic mass is 10.0. The van der Waals surface area contributed by atoms with E-state index in [-0.39, 0.29) is 32.0 Å². The van der Waals surface area contributed by atoms with E-state index in [4.69, 9.17) is 18.5 Å². The molecule has 64 heavy (non-hydrogen) atoms. The normalized spacial score (nSPS) is 13.8. The number of carbonyl (C=O) groups is 2. The average molecular weight is 923 g/mol. The van der Waals surface area contributed by atoms with E-state index in [9.17, 15) is 19.0 Å². The van der Waals surface area contributed by atoms with E-state index < -0.39 is 26.5 Å². The third kappa shape index (κ3) is 49.4. The first-order chi connectivity index (χ1) is 31.0. The monoisotopic (exact) mass is 923 g/mol. The van der Waals surface area contributed by atoms with E-state index in [2.05, 4.69) is 62.5 Å². The molecule has 0 rings (SSSR count). The summed E-state index contributed by atoms with van der Waals surface area (Å²) in [6.07, 6.45) is 56.0. The zero-order chi connectivity index (χ0) is 47.1. The lowest BCUT2D eigenvalue weighted by Gasteiger charge is -2.24. The minimum Gasteiger partial charge on any atom is -0.462 e. The van der Waals surface area contributed by atoms with Gasteiger partial charge in [-0.05, 0) is 70.6 Å². The maximum Gasteiger partial charge on any atom is 0.472 e. The average Bonchev–Trinajstić information content (AvgIpc) is 3.25. The smallest absolute Gasteiger partial charge is 0.462 e. The molecule has 0 aromatic rings. The molecule has 0 aliphatic heterocycles. The zero-order valence-electron chi connectivity index (χ0n) is 42.3. The fraction of sp³-hybridized carbons (Fsp3) is 0.815. The van der Waals surface area contributed by atoms with Crippen LogP contribution in [0.15, 0.2) is 48.6 Å². The molecule has 1 N–H and O–H groups in total. The molecule has 374 valence electrons. The number of esters is 2. The van der Waals surface area contributed by atoms with E-state index in [1.54, 1.807) is 0 Å². The molecule has 0 aliphatic rings. The molecule has 10 heteroatoms. The predicted molar refractivity (Wildman–Crippen MR) is 270 cm³/mol. The third-order valence-corrected chi connectivity index (χ3v) is 12.3. The maximum atomic E-state index is 12.8. The lowest BCUT2D eigenvalue weighted by molar-refractivity contribution is -0.870. The van der Waals surface area contributed by atoms with Gasteiger partial charge in [0.2, 0.25) is 0 Å². The van der Waals surface area contributed by atoms with Gasteiger partial charge in [0, 0.05) is 12.8 Å². The molecule has 2 atom stereocenters. The summed E-state index contributed by atoms with van der Waals surface area (Å²) in [5, 5.41) is 0. The summed E-state index contributed by atoms with van der Waals surface area (Å²) in [6, 6.07) is 0. The Morgan fingerprint density at radius 3 is 1.30 bits per heavy atom. The second kappa shape index (κ2) is 46.1. The second-order valence-corrected chi connectivity index (χ2v) is 20.4. The number of nitrogens with zero attached hydrogens (tertiary/aromatic N) is 1. The highest BCUT2D eigenvalue weighted by molar-refractivity contribution is 7.47. The first kappa shape index (κ1) is 62.0. The molecule has 2 unspecified atom stereocenters. The highest BCUT2D eigenvalue weighted by atomic mass is 31.2. The Balaban J connectivity index is 4.14. The number of carbonyl (C=O) groups excluding carboxylic acids is 2. The molecule has 0 spiro atoms. The van der Waals surface area contributed by atoms with Crippen LogP contribution in [0.1, 0.15) is 232 Å². The molecule has 0 radical (unpaired) electrons. The van der Waals surface area contributed by atoms with Crippen molar-refractivity contribution < 1.29 is 42.1 Å². The number of hydrogen-bond acceptors (Lipinski definition) is 7. The van der Waals surface area contributed by atoms with E-state index in [0.717, 1.165) is 70.6 Å². The fourth-order valence-corrected chi connectivity index (χ4v) is 7.94. The Labute approximate surface area is 394 Å². The highest BCUT2D eigenvalue weighted by Crippen LogP contribution is 2.43. The summed E-state index contributed by atoms with van der Waals surface area (Å²) in [4.78, 5) is 35.5. The van der Waals surface area contributed by atoms with Gasteiger partial charge in [0.1, 0.15) is 19.8 Å². The van der Waals surface area contributed by atoms with Crippen molar-refractivity contribution in [3.05, 3.63) is 48.6 Å². The van der Waals surface area contributed by atoms with Crippen molar-refractivity contribution >= 4 is 19.8 Å². The van der Waals surface area contributed by atoms with Gasteiger partial charge in [-0.2, -0.15) is 0 Å². The van der Waals surface area contributed by atoms with Gasteiger partial charge < -0.3 is 18.9 Å². The molecule has 0 aromatic heterocycles. The van der Waals surface area contributed by atoms with Gasteiger partial charge in [0.05, 0.1) is 27.7 Å². The predicted octanol–water partition coefficient (Wildman–Crippen LogP) is 15.8. The molecule has 0 saturated heterocycles. The van der Waals surface area contributed by atoms with Crippen LogP contribution in [0.3, 0.4) is 0 Å². The van der Waals surface area contributed by atoms with Crippen molar-refractivity contribution in [3.8, 4) is 0 Å². The lowest BCUT2D eigenvalue weighted by Crippen LogP contribution is -2.37. The number of phosphoric ester groups is 1. The Hall–Kier alpha value is -2.03. The highest BCUT2D eigenvalue weighted by Gasteiger charge is 2.27. The standard InChI is InChI=1S/C54H100NO8P/c1-6-8-10-12-14-16-18-20-21-22-23-24-25-26-27-28-29-30-31-32-33-35-37-39-41-43-45-47-54(57)63-52(51-62-64(58,59)61-49-48-55(3,4)5)50-60-53(56)46-44-42-40-38-36-34-19-17-15-13-11-9-7-2/h11,13,17-20,22-23,52H,6-10,12,14-16,21,24-51H2,1-5H3/p+1/b13-11-,19-17-,20-18-,23-22-. The molecular weight excluding hydrogens is 822 g/mol. The van der Waals surface area contributed by atoms with Crippen LogP contribution < -0.4 is 0 Å². The van der Waals surface area contributed by atoms with Gasteiger partial charge in [0.15, 0.2) is 6.10 Å². The summed E-state index contributed by atoms with van der Waals surface area (Å²) in [5.41, 5.74) is 0. The first-order valence-electron chi connectivity index (χ1n) is 26.4. The van der Waals surface area contributed by atoms with Crippen LogP contribution in [0.25, 0.3) is 0 Å². The van der Waals surface area contributed by atoms with Crippen LogP contribution in [0.4, 0.5) is 0 Å². The van der Waals surface area contributed by atoms with Gasteiger partial charge in [0.25, 0.3) is 0 Å². The van der Waals surface area contributed by atoms with Crippen LogP contribution in [-0.2, 0) is 32.7 Å². The Morgan fingerprint density at radius 1 is 0.484 bits per heavy atom. The van der Waals surface area contributed by atoms with E-state index in [1.165, 1.54) is 128 Å². The largest absolute Gasteiger partial charge is 0.472 e. The van der Waals surface area contributed by atoms with Crippen LogP contribution in [0.5, 0.6) is 0 Å². The molecule has 9 nitrogen and oxygen atoms in total. The van der Waals surface area contributed by atoms with Crippen LogP contribution in [0, 0.1) is 0 Å². The van der Waals surface area contributed by atoms with E-state index in [0.29, 0.717) is 17.4 Å². The number of hydrogen-bond donors (Lipinski definition) is 1. The zero-order valence-corrected chi connectivity index (χ0v) is 43.2. The van der Waals surface area contributed by atoms with Gasteiger partial charge in [-0.15, -0.1) is 0 Å². The molecule has 0 aromatic carbocycles. The molecule has 0 fully saturated rings. The van der Waals surface area contributed by atoms with Crippen LogP contribution in [-0.4, -0.2) is 74.9 Å². The third-order valence-electron chi connectivity index (χ3n) is 11.3. The Bertz CT molecular complexity index is 1230. The first-order valence-corrected chi connectivity index (χ1v) is 27.9. The molecule has 0 aliphatic carbocycles. The van der Waals surface area contributed by atoms with Gasteiger partial charge in [-0.1, -0.05) is 197 Å². The topological polar surface area (TPSA) is 108 Å². The maximum absolute atomic E-state index is 12.8. The number of phosphoric acid groups is 1. The summed E-state index contributed by atoms with van der Waals surface area (Å²) < 4.78 is 34.4. The van der Waals surface area contributed by atoms with Crippen LogP contribution in [0.2, 0.25) is 0 Å². The van der Waals surface area contributed by atoms with Crippen molar-refractivity contribution in [2.24, 2.45) is 0 Å². The Kier molecular flexibility index (Phi) is 44.6. The van der Waals surface area contributed by atoms with Crippen molar-refractivity contribution in [1.82, 2.24) is 0 Å². The second-order valence-electron chi connectivity index (χ2n) is 18.9. The summed E-state index contributed by atoms with van der Waals surface area (Å²) in [6.45, 7) is 4.35. The molecule has 0 heterocycles. The Morgan fingerprint density at radius 2 is 0.875 bits per heavy atom. The van der Waals surface area contributed by atoms with Crippen molar-refractivity contribution in [1.29, 1.82) is 0 Å². The number of quaternary nitrogens is 1. The van der Waals surface area contributed by atoms with Gasteiger partial charge in [-0.3, -0.25) is 18.6 Å². The van der Waals surface area contributed by atoms with Gasteiger partial charge in [-0.25, -0.2) is 4.57 Å². The van der Waals surface area contributed by atoms with Crippen molar-refractivity contribution in [2.45, 2.75) is 238 Å². The SMILES string of the molecule is CCC/C=C\C/C=C\CCCCCCCC(=O)OCC(COP(=O)(O)OCC[N+](C)(C)C)OC(=O)CCCCCCCCCCCCCCCCC/C=C\C/C=C\CCCCCCC. The van der Waals surface area contributed by atoms with Gasteiger partial charge >= 0.3 is 19.8 Å². The van der Waals surface area contributed by atoms with E-state index in [1.807, 2.05) is 21.1 Å². The number of likely N-dealkylation sites (N-methyl/N-ethyl adjacent to an activating group) is 1. The quantitative estimate of drug-likeness (QED) is 0.0211. The van der Waals surface area contributed by atoms with Crippen LogP contribution >= 0.6 is 7.82 Å². The van der Waals surface area contributed by atoms with Crippen molar-refractivity contribution in [2.75, 3.05) is 47.5 Å². The minimum absolute atomic E-state index is 0.0289. The fourth-order valence-electron chi connectivity index (χ4n) is 7.20. The van der Waals surface area contributed by atoms with Crippen molar-refractivity contribution in [3.63, 3.8) is 0 Å². The van der Waals surface area contributed by atoms with E-state index >= 15 is 0 Å². The molecule has 0 saturated carbocycles. The number of rotatable bonds is 48. The summed E-state index contributed by atoms with van der Waals surface area (Å²) in [7, 11) is 1.47. The molecule has 0 amide bonds. The number of allylic oxidation sites excluding steroid dienone is 8.